The Morgan fingerprint density at radius 2 is 1.75 bits per heavy atom. The van der Waals surface area contributed by atoms with Crippen LogP contribution in [0.25, 0.3) is 16.6 Å². The molecule has 3 aromatic heterocycles. The molecule has 0 aliphatic carbocycles. The number of nitrogens with one attached hydrogen (secondary N) is 6. The maximum atomic E-state index is 14.0. The van der Waals surface area contributed by atoms with Gasteiger partial charge in [0.2, 0.25) is 41.4 Å². The van der Waals surface area contributed by atoms with E-state index in [1.165, 1.54) is 33.4 Å². The fraction of sp³-hybridized carbons (Fsp3) is 0.463. The molecule has 4 aromatic rings. The number of hydrogen-bond acceptors (Lipinski definition) is 12. The average molecular weight is 923 g/mol. The minimum Gasteiger partial charge on any atom is -0.481 e. The average Bonchev–Trinajstić information content (AvgIpc) is 4.01. The highest BCUT2D eigenvalue weighted by molar-refractivity contribution is 8.76. The van der Waals surface area contributed by atoms with Crippen molar-refractivity contribution in [1.29, 1.82) is 0 Å². The van der Waals surface area contributed by atoms with Gasteiger partial charge in [-0.05, 0) is 38.3 Å². The number of H-pyrrole nitrogens is 1. The molecule has 0 bridgehead atoms. The van der Waals surface area contributed by atoms with Gasteiger partial charge in [0.15, 0.2) is 6.20 Å². The van der Waals surface area contributed by atoms with Gasteiger partial charge in [-0.15, -0.1) is 4.52 Å². The van der Waals surface area contributed by atoms with Crippen LogP contribution < -0.4 is 36.9 Å². The molecule has 2 saturated heterocycles. The van der Waals surface area contributed by atoms with E-state index in [2.05, 4.69) is 36.7 Å². The second-order valence-corrected chi connectivity index (χ2v) is 18.1. The predicted octanol–water partition coefficient (Wildman–Crippen LogP) is -0.720. The van der Waals surface area contributed by atoms with Gasteiger partial charge in [-0.1, -0.05) is 44.9 Å². The number of carboxylic acids is 1. The van der Waals surface area contributed by atoms with Crippen molar-refractivity contribution in [3.05, 3.63) is 66.7 Å². The number of amides is 7. The van der Waals surface area contributed by atoms with E-state index in [-0.39, 0.29) is 43.9 Å². The topological polar surface area (TPSA) is 292 Å². The van der Waals surface area contributed by atoms with E-state index in [4.69, 9.17) is 10.5 Å². The Labute approximate surface area is 375 Å². The summed E-state index contributed by atoms with van der Waals surface area (Å²) in [4.78, 5) is 110. The van der Waals surface area contributed by atoms with E-state index in [1.807, 2.05) is 53.4 Å². The van der Waals surface area contributed by atoms with Crippen LogP contribution in [0.2, 0.25) is 0 Å². The summed E-state index contributed by atoms with van der Waals surface area (Å²) in [5, 5.41) is 27.5. The van der Waals surface area contributed by atoms with Crippen LogP contribution in [0.15, 0.2) is 61.2 Å². The van der Waals surface area contributed by atoms with Crippen molar-refractivity contribution in [3.63, 3.8) is 0 Å². The number of aryl methyl sites for hydroxylation is 1. The standard InChI is InChI=1S/C41H51N11O10S2/c1-24-41(61)51-21-26(62-22-25-19-43-28-8-3-2-7-27(25)28)17-32(51)40(60)49-31(37(42)57)23-64-63-16-11-33(53)47-29(9-4-5-13-50-14-15-52-35(50)10-6-12-45-52)38(58)44-20-34(54)48-30(18-36(55)56)39(59)46-24/h2-3,6-8,10,12,14-15,19,24,26,29-32,43H,4-5,9,11,13,16-18,20-23H2,1H3,(H7-,42,44,46,47,48,49,53,54,55,56,57,58,59,60)/p+1/t24?,26?,29?,30-,31?,32-/m0/s1. The van der Waals surface area contributed by atoms with E-state index >= 15 is 0 Å². The normalized spacial score (nSPS) is 23.7. The molecule has 0 saturated carbocycles. The second kappa shape index (κ2) is 22.4. The first-order chi connectivity index (χ1) is 30.8. The van der Waals surface area contributed by atoms with Gasteiger partial charge in [0.25, 0.3) is 0 Å². The highest BCUT2D eigenvalue weighted by Crippen LogP contribution is 2.27. The molecule has 2 aliphatic heterocycles. The van der Waals surface area contributed by atoms with Gasteiger partial charge in [0.1, 0.15) is 36.4 Å². The minimum absolute atomic E-state index is 0.0155. The summed E-state index contributed by atoms with van der Waals surface area (Å²) in [5.41, 5.74) is 8.32. The number of fused-ring (bicyclic) bond motifs is 3. The van der Waals surface area contributed by atoms with Gasteiger partial charge in [-0.3, -0.25) is 38.4 Å². The molecule has 6 atom stereocenters. The van der Waals surface area contributed by atoms with E-state index in [0.29, 0.717) is 19.4 Å². The lowest BCUT2D eigenvalue weighted by Gasteiger charge is -2.28. The van der Waals surface area contributed by atoms with Gasteiger partial charge < -0.3 is 52.0 Å². The summed E-state index contributed by atoms with van der Waals surface area (Å²) in [6, 6.07) is 5.03. The number of aromatic nitrogens is 4. The molecule has 0 spiro atoms. The smallest absolute Gasteiger partial charge is 0.307 e. The zero-order chi connectivity index (χ0) is 45.8. The molecule has 9 N–H and O–H groups in total. The van der Waals surface area contributed by atoms with E-state index in [1.54, 1.807) is 16.9 Å². The molecule has 2 fully saturated rings. The van der Waals surface area contributed by atoms with Crippen LogP contribution in [0.3, 0.4) is 0 Å². The number of unbranched alkanes of at least 4 members (excludes halogenated alkanes) is 1. The fourth-order valence-corrected chi connectivity index (χ4v) is 9.64. The first kappa shape index (κ1) is 47.3. The molecule has 7 amide bonds. The van der Waals surface area contributed by atoms with Crippen molar-refractivity contribution in [2.24, 2.45) is 5.73 Å². The van der Waals surface area contributed by atoms with Crippen LogP contribution in [0.1, 0.15) is 51.0 Å². The molecule has 4 unspecified atom stereocenters. The van der Waals surface area contributed by atoms with E-state index in [0.717, 1.165) is 22.1 Å². The largest absolute Gasteiger partial charge is 0.481 e. The van der Waals surface area contributed by atoms with Crippen LogP contribution in [-0.4, -0.2) is 133 Å². The third-order valence-electron chi connectivity index (χ3n) is 10.8. The molecule has 64 heavy (non-hydrogen) atoms. The minimum atomic E-state index is -1.66. The number of aliphatic carboxylic acids is 1. The molecule has 23 heteroatoms. The number of primary amides is 1. The summed E-state index contributed by atoms with van der Waals surface area (Å²) >= 11 is 0. The molecule has 1 aromatic carbocycles. The number of hydrogen-bond donors (Lipinski definition) is 8. The maximum Gasteiger partial charge on any atom is 0.307 e. The molecule has 21 nitrogen and oxygen atoms in total. The van der Waals surface area contributed by atoms with Crippen LogP contribution in [-0.2, 0) is 56.2 Å². The third-order valence-corrected chi connectivity index (χ3v) is 13.2. The Bertz CT molecular complexity index is 2360. The number of rotatable bonds is 11. The molecule has 6 rings (SSSR count). The van der Waals surface area contributed by atoms with Crippen molar-refractivity contribution in [2.45, 2.75) is 94.9 Å². The third kappa shape index (κ3) is 12.7. The zero-order valence-corrected chi connectivity index (χ0v) is 36.7. The maximum absolute atomic E-state index is 14.0. The van der Waals surface area contributed by atoms with Crippen molar-refractivity contribution in [2.75, 3.05) is 24.6 Å². The number of aromatic amines is 1. The van der Waals surface area contributed by atoms with Crippen LogP contribution >= 0.6 is 21.6 Å². The van der Waals surface area contributed by atoms with E-state index < -0.39 is 96.6 Å². The summed E-state index contributed by atoms with van der Waals surface area (Å²) in [6.07, 6.45) is 7.06. The summed E-state index contributed by atoms with van der Waals surface area (Å²) in [6.45, 7) is 1.38. The number of nitrogens with zero attached hydrogens (tertiary/aromatic N) is 4. The number of imidazole rings is 1. The van der Waals surface area contributed by atoms with Crippen LogP contribution in [0.5, 0.6) is 0 Å². The SMILES string of the molecule is CC1NC(=O)[C@H](CC(=O)O)NC(=O)CNC(=O)C(CCCC[n+]2ccn3ncccc32)NC(=O)CCSSCC(C(N)=O)NC(=O)[C@@H]2CC(OCc3c[nH]c4ccccc34)CN2C1=O. The van der Waals surface area contributed by atoms with Crippen molar-refractivity contribution >= 4 is 85.5 Å². The number of ether oxygens (including phenoxy) is 1. The Hall–Kier alpha value is -6.20. The first-order valence-corrected chi connectivity index (χ1v) is 23.3. The summed E-state index contributed by atoms with van der Waals surface area (Å²) in [7, 11) is 2.45. The quantitative estimate of drug-likeness (QED) is 0.0525. The van der Waals surface area contributed by atoms with Crippen molar-refractivity contribution < 1.29 is 52.8 Å². The highest BCUT2D eigenvalue weighted by Gasteiger charge is 2.43. The summed E-state index contributed by atoms with van der Waals surface area (Å²) < 4.78 is 9.94. The first-order valence-electron chi connectivity index (χ1n) is 20.8. The molecule has 2 aliphatic rings. The number of benzene rings is 1. The molecule has 5 heterocycles. The monoisotopic (exact) mass is 922 g/mol. The number of carbonyl (C=O) groups excluding carboxylic acids is 7. The van der Waals surface area contributed by atoms with E-state index in [9.17, 15) is 43.5 Å². The number of carboxylic acid groups (broad SMARTS) is 1. The van der Waals surface area contributed by atoms with Gasteiger partial charge in [-0.2, -0.15) is 0 Å². The van der Waals surface area contributed by atoms with Gasteiger partial charge in [0, 0.05) is 59.6 Å². The number of carbonyl (C=O) groups is 8. The number of nitrogens with two attached hydrogens (primary N) is 1. The predicted molar refractivity (Wildman–Crippen MR) is 234 cm³/mol. The summed E-state index contributed by atoms with van der Waals surface area (Å²) in [5.74, 6) is -6.38. The number of para-hydroxylation sites is 1. The van der Waals surface area contributed by atoms with Crippen LogP contribution in [0.4, 0.5) is 0 Å². The highest BCUT2D eigenvalue weighted by atomic mass is 33.1. The lowest BCUT2D eigenvalue weighted by molar-refractivity contribution is -0.671. The second-order valence-electron chi connectivity index (χ2n) is 15.5. The molecule has 342 valence electrons. The Morgan fingerprint density at radius 3 is 2.55 bits per heavy atom. The molecular formula is C41H52N11O10S2+. The van der Waals surface area contributed by atoms with Gasteiger partial charge in [0.05, 0.1) is 38.4 Å². The van der Waals surface area contributed by atoms with Crippen LogP contribution in [0, 0.1) is 0 Å². The lowest BCUT2D eigenvalue weighted by Crippen LogP contribution is -2.58. The molecular weight excluding hydrogens is 871 g/mol. The Kier molecular flexibility index (Phi) is 16.6. The van der Waals surface area contributed by atoms with Gasteiger partial charge >= 0.3 is 11.6 Å². The Morgan fingerprint density at radius 1 is 0.953 bits per heavy atom. The van der Waals surface area contributed by atoms with Crippen molar-refractivity contribution in [3.8, 4) is 0 Å². The zero-order valence-electron chi connectivity index (χ0n) is 35.0. The van der Waals surface area contributed by atoms with Crippen molar-refractivity contribution in [1.82, 2.24) is 46.1 Å². The van der Waals surface area contributed by atoms with Gasteiger partial charge in [-0.25, -0.2) is 4.57 Å². The fourth-order valence-electron chi connectivity index (χ4n) is 7.48. The Balaban J connectivity index is 1.15. The lowest BCUT2D eigenvalue weighted by atomic mass is 10.1. The molecule has 0 radical (unpaired) electrons.